The van der Waals surface area contributed by atoms with E-state index in [1.54, 1.807) is 72.8 Å². The van der Waals surface area contributed by atoms with E-state index in [4.69, 9.17) is 28.4 Å². The fourth-order valence-electron chi connectivity index (χ4n) is 3.38. The highest BCUT2D eigenvalue weighted by molar-refractivity contribution is 5.92. The standard InChI is InChI=1S/C31H26O8/c1-3-17-34-25-9-5-22(6-10-25)31(33)39-29-12-8-23-18-28(11-7-24(23)19-29)37-20-35-26-13-15-27(16-14-26)36-21-38-30(32)4-2/h3-16,18-19H,1-2,17,20-21H2. The Morgan fingerprint density at radius 3 is 1.77 bits per heavy atom. The van der Waals surface area contributed by atoms with E-state index in [1.165, 1.54) is 0 Å². The Hall–Kier alpha value is -5.24. The molecule has 0 radical (unpaired) electrons. The summed E-state index contributed by atoms with van der Waals surface area (Å²) in [6, 6.07) is 24.4. The van der Waals surface area contributed by atoms with Crippen LogP contribution in [0.5, 0.6) is 28.7 Å². The van der Waals surface area contributed by atoms with Crippen molar-refractivity contribution in [2.45, 2.75) is 0 Å². The third kappa shape index (κ3) is 7.87. The van der Waals surface area contributed by atoms with Gasteiger partial charge in [-0.25, -0.2) is 9.59 Å². The van der Waals surface area contributed by atoms with Crippen LogP contribution in [0.2, 0.25) is 0 Å². The predicted molar refractivity (Wildman–Crippen MR) is 145 cm³/mol. The summed E-state index contributed by atoms with van der Waals surface area (Å²) in [4.78, 5) is 23.5. The maximum Gasteiger partial charge on any atom is 0.343 e. The summed E-state index contributed by atoms with van der Waals surface area (Å²) in [6.45, 7) is 7.10. The molecule has 39 heavy (non-hydrogen) atoms. The Bertz CT molecular complexity index is 1440. The number of ether oxygens (including phenoxy) is 6. The molecule has 0 amide bonds. The third-order valence-corrected chi connectivity index (χ3v) is 5.32. The summed E-state index contributed by atoms with van der Waals surface area (Å²) in [5.41, 5.74) is 0.418. The van der Waals surface area contributed by atoms with E-state index in [2.05, 4.69) is 13.2 Å². The number of carbonyl (C=O) groups excluding carboxylic acids is 2. The van der Waals surface area contributed by atoms with E-state index in [-0.39, 0.29) is 13.6 Å². The third-order valence-electron chi connectivity index (χ3n) is 5.32. The van der Waals surface area contributed by atoms with Crippen molar-refractivity contribution < 1.29 is 38.0 Å². The van der Waals surface area contributed by atoms with E-state index >= 15 is 0 Å². The molecule has 0 heterocycles. The molecule has 0 aliphatic heterocycles. The topological polar surface area (TPSA) is 89.5 Å². The molecule has 0 N–H and O–H groups in total. The van der Waals surface area contributed by atoms with Gasteiger partial charge in [0.25, 0.3) is 0 Å². The molecule has 0 aromatic heterocycles. The van der Waals surface area contributed by atoms with Gasteiger partial charge in [0.05, 0.1) is 5.56 Å². The van der Waals surface area contributed by atoms with Gasteiger partial charge in [0.2, 0.25) is 13.6 Å². The van der Waals surface area contributed by atoms with Crippen molar-refractivity contribution in [1.29, 1.82) is 0 Å². The van der Waals surface area contributed by atoms with Crippen molar-refractivity contribution in [3.05, 3.63) is 116 Å². The molecule has 0 aliphatic rings. The van der Waals surface area contributed by atoms with Gasteiger partial charge in [-0.3, -0.25) is 0 Å². The lowest BCUT2D eigenvalue weighted by atomic mass is 10.1. The van der Waals surface area contributed by atoms with Gasteiger partial charge in [-0.2, -0.15) is 0 Å². The van der Waals surface area contributed by atoms with Crippen molar-refractivity contribution >= 4 is 22.7 Å². The molecule has 0 bridgehead atoms. The molecule has 0 saturated carbocycles. The van der Waals surface area contributed by atoms with Gasteiger partial charge in [0.1, 0.15) is 35.4 Å². The average Bonchev–Trinajstić information content (AvgIpc) is 2.97. The van der Waals surface area contributed by atoms with E-state index in [1.807, 2.05) is 18.2 Å². The minimum Gasteiger partial charge on any atom is -0.490 e. The second kappa shape index (κ2) is 13.3. The van der Waals surface area contributed by atoms with E-state index in [9.17, 15) is 9.59 Å². The Kier molecular flexibility index (Phi) is 9.18. The van der Waals surface area contributed by atoms with E-state index in [0.29, 0.717) is 40.9 Å². The molecular weight excluding hydrogens is 500 g/mol. The summed E-state index contributed by atoms with van der Waals surface area (Å²) < 4.78 is 32.4. The van der Waals surface area contributed by atoms with Gasteiger partial charge in [-0.15, -0.1) is 0 Å². The molecule has 0 saturated heterocycles. The molecule has 4 aromatic carbocycles. The maximum atomic E-state index is 12.5. The van der Waals surface area contributed by atoms with Crippen LogP contribution in [-0.4, -0.2) is 32.1 Å². The molecule has 4 aromatic rings. The number of carbonyl (C=O) groups is 2. The van der Waals surface area contributed by atoms with Crippen molar-refractivity contribution in [2.75, 3.05) is 20.2 Å². The minimum absolute atomic E-state index is 0.00419. The van der Waals surface area contributed by atoms with Crippen LogP contribution in [0, 0.1) is 0 Å². The van der Waals surface area contributed by atoms with Gasteiger partial charge in [-0.05, 0) is 83.6 Å². The zero-order valence-corrected chi connectivity index (χ0v) is 21.0. The average molecular weight is 527 g/mol. The molecule has 4 rings (SSSR count). The molecule has 0 atom stereocenters. The van der Waals surface area contributed by atoms with Gasteiger partial charge in [0.15, 0.2) is 0 Å². The summed E-state index contributed by atoms with van der Waals surface area (Å²) in [6.07, 6.45) is 2.71. The fraction of sp³-hybridized carbons (Fsp3) is 0.0968. The smallest absolute Gasteiger partial charge is 0.343 e. The highest BCUT2D eigenvalue weighted by atomic mass is 16.7. The van der Waals surface area contributed by atoms with Crippen LogP contribution >= 0.6 is 0 Å². The maximum absolute atomic E-state index is 12.5. The number of hydrogen-bond acceptors (Lipinski definition) is 8. The first-order valence-corrected chi connectivity index (χ1v) is 11.9. The SMILES string of the molecule is C=CCOc1ccc(C(=O)Oc2ccc3cc(OCOc4ccc(OCOC(=O)C=C)cc4)ccc3c2)cc1. The number of rotatable bonds is 13. The number of fused-ring (bicyclic) bond motifs is 1. The molecule has 8 heteroatoms. The van der Waals surface area contributed by atoms with Crippen molar-refractivity contribution in [2.24, 2.45) is 0 Å². The lowest BCUT2D eigenvalue weighted by molar-refractivity contribution is -0.144. The lowest BCUT2D eigenvalue weighted by Gasteiger charge is -2.11. The van der Waals surface area contributed by atoms with Crippen LogP contribution < -0.4 is 23.7 Å². The van der Waals surface area contributed by atoms with Crippen molar-refractivity contribution in [3.63, 3.8) is 0 Å². The molecular formula is C31H26O8. The second-order valence-electron chi connectivity index (χ2n) is 7.99. The molecule has 0 fully saturated rings. The normalized spacial score (nSPS) is 10.3. The van der Waals surface area contributed by atoms with Gasteiger partial charge < -0.3 is 28.4 Å². The molecule has 8 nitrogen and oxygen atoms in total. The van der Waals surface area contributed by atoms with E-state index < -0.39 is 11.9 Å². The van der Waals surface area contributed by atoms with Gasteiger partial charge in [0, 0.05) is 6.08 Å². The van der Waals surface area contributed by atoms with Gasteiger partial charge in [-0.1, -0.05) is 31.4 Å². The lowest BCUT2D eigenvalue weighted by Crippen LogP contribution is -2.08. The Labute approximate surface area is 225 Å². The highest BCUT2D eigenvalue weighted by Gasteiger charge is 2.10. The second-order valence-corrected chi connectivity index (χ2v) is 7.99. The van der Waals surface area contributed by atoms with Crippen molar-refractivity contribution in [3.8, 4) is 28.7 Å². The molecule has 0 unspecified atom stereocenters. The predicted octanol–water partition coefficient (Wildman–Crippen LogP) is 6.10. The Morgan fingerprint density at radius 1 is 0.615 bits per heavy atom. The summed E-state index contributed by atoms with van der Waals surface area (Å²) in [7, 11) is 0. The first kappa shape index (κ1) is 26.8. The number of hydrogen-bond donors (Lipinski definition) is 0. The first-order valence-electron chi connectivity index (χ1n) is 11.9. The fourth-order valence-corrected chi connectivity index (χ4v) is 3.38. The summed E-state index contributed by atoms with van der Waals surface area (Å²) in [5, 5.41) is 1.80. The molecule has 0 spiro atoms. The van der Waals surface area contributed by atoms with Gasteiger partial charge >= 0.3 is 11.9 Å². The Balaban J connectivity index is 1.27. The monoisotopic (exact) mass is 526 g/mol. The van der Waals surface area contributed by atoms with Crippen LogP contribution in [0.1, 0.15) is 10.4 Å². The summed E-state index contributed by atoms with van der Waals surface area (Å²) >= 11 is 0. The van der Waals surface area contributed by atoms with Crippen LogP contribution in [0.15, 0.2) is 110 Å². The van der Waals surface area contributed by atoms with Crippen LogP contribution in [0.25, 0.3) is 10.8 Å². The zero-order chi connectivity index (χ0) is 27.5. The number of benzene rings is 4. The van der Waals surface area contributed by atoms with Crippen LogP contribution in [-0.2, 0) is 9.53 Å². The highest BCUT2D eigenvalue weighted by Crippen LogP contribution is 2.26. The quantitative estimate of drug-likeness (QED) is 0.0678. The largest absolute Gasteiger partial charge is 0.490 e. The first-order chi connectivity index (χ1) is 19.0. The summed E-state index contributed by atoms with van der Waals surface area (Å²) in [5.74, 6) is 1.78. The minimum atomic E-state index is -0.558. The molecule has 0 aliphatic carbocycles. The van der Waals surface area contributed by atoms with Crippen LogP contribution in [0.4, 0.5) is 0 Å². The zero-order valence-electron chi connectivity index (χ0n) is 21.0. The van der Waals surface area contributed by atoms with E-state index in [0.717, 1.165) is 16.8 Å². The van der Waals surface area contributed by atoms with Crippen molar-refractivity contribution in [1.82, 2.24) is 0 Å². The van der Waals surface area contributed by atoms with Crippen LogP contribution in [0.3, 0.4) is 0 Å². The Morgan fingerprint density at radius 2 is 1.13 bits per heavy atom. The molecule has 198 valence electrons. The number of esters is 2.